The molecule has 1 heterocycles. The fourth-order valence-electron chi connectivity index (χ4n) is 2.08. The van der Waals surface area contributed by atoms with Crippen LogP contribution in [0.3, 0.4) is 0 Å². The average Bonchev–Trinajstić information content (AvgIpc) is 2.73. The molecule has 0 saturated carbocycles. The molecule has 0 amide bonds. The van der Waals surface area contributed by atoms with Crippen LogP contribution in [-0.2, 0) is 12.6 Å². The van der Waals surface area contributed by atoms with Gasteiger partial charge >= 0.3 is 6.18 Å². The zero-order chi connectivity index (χ0) is 15.8. The van der Waals surface area contributed by atoms with Crippen LogP contribution >= 0.6 is 27.3 Å². The summed E-state index contributed by atoms with van der Waals surface area (Å²) in [5.74, 6) is 0. The molecule has 2 aromatic rings. The molecule has 0 saturated heterocycles. The van der Waals surface area contributed by atoms with Crippen molar-refractivity contribution in [1.29, 1.82) is 5.26 Å². The Hall–Kier alpha value is -1.52. The standard InChI is InChI=1S/C14H10BrF3N2S/c1-2-8-12(20)11(6-19)21-13(8)9-4-3-7(15)5-10(9)14(16,17)18/h3-5H,2,20H2,1H3. The van der Waals surface area contributed by atoms with E-state index in [-0.39, 0.29) is 16.1 Å². The number of hydrogen-bond acceptors (Lipinski definition) is 3. The molecule has 0 aliphatic rings. The number of halogens is 4. The zero-order valence-electron chi connectivity index (χ0n) is 10.9. The fraction of sp³-hybridized carbons (Fsp3) is 0.214. The molecule has 2 N–H and O–H groups in total. The monoisotopic (exact) mass is 374 g/mol. The average molecular weight is 375 g/mol. The van der Waals surface area contributed by atoms with Crippen LogP contribution in [0, 0.1) is 11.3 Å². The Morgan fingerprint density at radius 1 is 1.38 bits per heavy atom. The van der Waals surface area contributed by atoms with Gasteiger partial charge in [-0.15, -0.1) is 11.3 Å². The molecular weight excluding hydrogens is 365 g/mol. The number of anilines is 1. The van der Waals surface area contributed by atoms with Gasteiger partial charge in [0.05, 0.1) is 11.3 Å². The second-order valence-electron chi connectivity index (χ2n) is 4.31. The van der Waals surface area contributed by atoms with Gasteiger partial charge in [0.2, 0.25) is 0 Å². The molecule has 0 unspecified atom stereocenters. The van der Waals surface area contributed by atoms with E-state index in [2.05, 4.69) is 15.9 Å². The van der Waals surface area contributed by atoms with Crippen LogP contribution in [0.15, 0.2) is 22.7 Å². The van der Waals surface area contributed by atoms with E-state index in [9.17, 15) is 13.2 Å². The van der Waals surface area contributed by atoms with Crippen LogP contribution in [0.1, 0.15) is 22.9 Å². The van der Waals surface area contributed by atoms with Crippen molar-refractivity contribution in [2.24, 2.45) is 0 Å². The highest BCUT2D eigenvalue weighted by molar-refractivity contribution is 9.10. The van der Waals surface area contributed by atoms with E-state index in [1.165, 1.54) is 6.07 Å². The van der Waals surface area contributed by atoms with Gasteiger partial charge < -0.3 is 5.73 Å². The van der Waals surface area contributed by atoms with Crippen molar-refractivity contribution in [3.8, 4) is 16.5 Å². The summed E-state index contributed by atoms with van der Waals surface area (Å²) in [5.41, 5.74) is 6.03. The molecule has 0 radical (unpaired) electrons. The van der Waals surface area contributed by atoms with E-state index in [1.807, 2.05) is 6.07 Å². The van der Waals surface area contributed by atoms with Crippen molar-refractivity contribution < 1.29 is 13.2 Å². The maximum Gasteiger partial charge on any atom is 0.417 e. The van der Waals surface area contributed by atoms with Crippen molar-refractivity contribution in [3.05, 3.63) is 38.7 Å². The molecule has 0 fully saturated rings. The number of nitrogen functional groups attached to an aromatic ring is 1. The first kappa shape index (κ1) is 15.9. The van der Waals surface area contributed by atoms with Crippen LogP contribution in [0.5, 0.6) is 0 Å². The predicted molar refractivity (Wildman–Crippen MR) is 81.0 cm³/mol. The van der Waals surface area contributed by atoms with E-state index in [0.29, 0.717) is 21.3 Å². The van der Waals surface area contributed by atoms with Crippen molar-refractivity contribution in [3.63, 3.8) is 0 Å². The quantitative estimate of drug-likeness (QED) is 0.783. The second-order valence-corrected chi connectivity index (χ2v) is 6.24. The molecule has 2 rings (SSSR count). The fourth-order valence-corrected chi connectivity index (χ4v) is 3.59. The van der Waals surface area contributed by atoms with E-state index in [4.69, 9.17) is 11.0 Å². The van der Waals surface area contributed by atoms with E-state index >= 15 is 0 Å². The van der Waals surface area contributed by atoms with Crippen molar-refractivity contribution in [2.45, 2.75) is 19.5 Å². The Morgan fingerprint density at radius 2 is 2.05 bits per heavy atom. The highest BCUT2D eigenvalue weighted by atomic mass is 79.9. The van der Waals surface area contributed by atoms with Gasteiger partial charge in [-0.25, -0.2) is 0 Å². The minimum atomic E-state index is -4.48. The third-order valence-corrected chi connectivity index (χ3v) is 4.71. The van der Waals surface area contributed by atoms with Gasteiger partial charge in [-0.3, -0.25) is 0 Å². The van der Waals surface area contributed by atoms with Gasteiger partial charge in [0.25, 0.3) is 0 Å². The minimum Gasteiger partial charge on any atom is -0.397 e. The van der Waals surface area contributed by atoms with Crippen LogP contribution in [0.4, 0.5) is 18.9 Å². The summed E-state index contributed by atoms with van der Waals surface area (Å²) in [6, 6.07) is 5.92. The summed E-state index contributed by atoms with van der Waals surface area (Å²) in [7, 11) is 0. The molecule has 1 aromatic heterocycles. The van der Waals surface area contributed by atoms with Gasteiger partial charge in [-0.05, 0) is 24.1 Å². The predicted octanol–water partition coefficient (Wildman–Crippen LogP) is 5.21. The minimum absolute atomic E-state index is 0.0563. The number of nitrogens with two attached hydrogens (primary N) is 1. The number of rotatable bonds is 2. The zero-order valence-corrected chi connectivity index (χ0v) is 13.3. The first-order valence-corrected chi connectivity index (χ1v) is 7.58. The third kappa shape index (κ3) is 2.92. The Morgan fingerprint density at radius 3 is 2.57 bits per heavy atom. The van der Waals surface area contributed by atoms with Crippen LogP contribution in [-0.4, -0.2) is 0 Å². The van der Waals surface area contributed by atoms with Gasteiger partial charge in [-0.1, -0.05) is 28.9 Å². The number of nitrogens with zero attached hydrogens (tertiary/aromatic N) is 1. The molecule has 110 valence electrons. The Bertz CT molecular complexity index is 729. The summed E-state index contributed by atoms with van der Waals surface area (Å²) >= 11 is 4.06. The largest absolute Gasteiger partial charge is 0.417 e. The number of hydrogen-bond donors (Lipinski definition) is 1. The first-order valence-electron chi connectivity index (χ1n) is 5.98. The molecule has 0 spiro atoms. The highest BCUT2D eigenvalue weighted by Crippen LogP contribution is 2.45. The molecule has 0 aliphatic heterocycles. The molecule has 0 atom stereocenters. The molecule has 0 aliphatic carbocycles. The number of alkyl halides is 3. The lowest BCUT2D eigenvalue weighted by Crippen LogP contribution is -2.07. The summed E-state index contributed by atoms with van der Waals surface area (Å²) < 4.78 is 40.0. The van der Waals surface area contributed by atoms with Crippen molar-refractivity contribution in [2.75, 3.05) is 5.73 Å². The molecule has 2 nitrogen and oxygen atoms in total. The summed E-state index contributed by atoms with van der Waals surface area (Å²) in [4.78, 5) is 0.657. The molecule has 7 heteroatoms. The molecule has 1 aromatic carbocycles. The maximum atomic E-state index is 13.2. The van der Waals surface area contributed by atoms with E-state index in [1.54, 1.807) is 13.0 Å². The van der Waals surface area contributed by atoms with Crippen LogP contribution in [0.25, 0.3) is 10.4 Å². The summed E-state index contributed by atoms with van der Waals surface area (Å²) in [6.07, 6.45) is -4.01. The van der Waals surface area contributed by atoms with Crippen molar-refractivity contribution in [1.82, 2.24) is 0 Å². The Kier molecular flexibility index (Phi) is 4.30. The summed E-state index contributed by atoms with van der Waals surface area (Å²) in [6.45, 7) is 1.80. The smallest absolute Gasteiger partial charge is 0.397 e. The molecular formula is C14H10BrF3N2S. The van der Waals surface area contributed by atoms with Gasteiger partial charge in [0, 0.05) is 14.9 Å². The van der Waals surface area contributed by atoms with Crippen molar-refractivity contribution >= 4 is 33.0 Å². The van der Waals surface area contributed by atoms with Gasteiger partial charge in [0.1, 0.15) is 10.9 Å². The van der Waals surface area contributed by atoms with Gasteiger partial charge in [0.15, 0.2) is 0 Å². The lowest BCUT2D eigenvalue weighted by molar-refractivity contribution is -0.137. The number of benzene rings is 1. The van der Waals surface area contributed by atoms with E-state index < -0.39 is 11.7 Å². The normalized spacial score (nSPS) is 11.4. The van der Waals surface area contributed by atoms with Crippen LogP contribution in [0.2, 0.25) is 0 Å². The lowest BCUT2D eigenvalue weighted by atomic mass is 10.0. The number of thiophene rings is 1. The van der Waals surface area contributed by atoms with Crippen LogP contribution < -0.4 is 5.73 Å². The topological polar surface area (TPSA) is 49.8 Å². The summed E-state index contributed by atoms with van der Waals surface area (Å²) in [5, 5.41) is 9.02. The second kappa shape index (κ2) is 5.70. The number of nitriles is 1. The SMILES string of the molecule is CCc1c(-c2ccc(Br)cc2C(F)(F)F)sc(C#N)c1N. The Labute approximate surface area is 132 Å². The first-order chi connectivity index (χ1) is 9.79. The molecule has 21 heavy (non-hydrogen) atoms. The highest BCUT2D eigenvalue weighted by Gasteiger charge is 2.35. The third-order valence-electron chi connectivity index (χ3n) is 3.03. The lowest BCUT2D eigenvalue weighted by Gasteiger charge is -2.13. The maximum absolute atomic E-state index is 13.2. The van der Waals surface area contributed by atoms with Gasteiger partial charge in [-0.2, -0.15) is 18.4 Å². The Balaban J connectivity index is 2.77. The molecule has 0 bridgehead atoms. The van der Waals surface area contributed by atoms with E-state index in [0.717, 1.165) is 17.4 Å².